The van der Waals surface area contributed by atoms with Crippen LogP contribution in [0, 0.1) is 12.7 Å². The van der Waals surface area contributed by atoms with E-state index >= 15 is 0 Å². The molecular formula is C20H24F3N3O3S. The number of nitrogens with zero attached hydrogens (tertiary/aromatic N) is 1. The van der Waals surface area contributed by atoms with E-state index in [0.717, 1.165) is 17.9 Å². The van der Waals surface area contributed by atoms with Gasteiger partial charge in [0.25, 0.3) is 0 Å². The predicted molar refractivity (Wildman–Crippen MR) is 109 cm³/mol. The van der Waals surface area contributed by atoms with Crippen LogP contribution in [0.3, 0.4) is 0 Å². The normalized spacial score (nSPS) is 12.2. The molecule has 0 aliphatic rings. The minimum Gasteiger partial charge on any atom is -0.434 e. The number of guanidine groups is 1. The Hall–Kier alpha value is -2.75. The summed E-state index contributed by atoms with van der Waals surface area (Å²) in [6.07, 6.45) is 1.15. The maximum Gasteiger partial charge on any atom is 0.387 e. The van der Waals surface area contributed by atoms with E-state index in [2.05, 4.69) is 20.4 Å². The summed E-state index contributed by atoms with van der Waals surface area (Å²) in [5.74, 6) is -0.586. The van der Waals surface area contributed by atoms with E-state index in [1.54, 1.807) is 19.1 Å². The second-order valence-electron chi connectivity index (χ2n) is 6.52. The van der Waals surface area contributed by atoms with Crippen LogP contribution in [-0.2, 0) is 22.9 Å². The SMILES string of the molecule is CCNC(=NCc1ccc(S(C)(=O)=O)c(C)c1)NCc1c(F)cccc1OC(F)F. The van der Waals surface area contributed by atoms with Crippen molar-refractivity contribution >= 4 is 15.8 Å². The van der Waals surface area contributed by atoms with Crippen molar-refractivity contribution in [2.45, 2.75) is 38.4 Å². The smallest absolute Gasteiger partial charge is 0.387 e. The third-order valence-corrected chi connectivity index (χ3v) is 5.38. The van der Waals surface area contributed by atoms with Crippen molar-refractivity contribution in [3.63, 3.8) is 0 Å². The van der Waals surface area contributed by atoms with E-state index in [1.807, 2.05) is 6.92 Å². The number of aryl methyl sites for hydroxylation is 1. The minimum atomic E-state index is -3.31. The van der Waals surface area contributed by atoms with Gasteiger partial charge in [-0.05, 0) is 43.2 Å². The molecule has 2 rings (SSSR count). The lowest BCUT2D eigenvalue weighted by molar-refractivity contribution is -0.0506. The Kier molecular flexibility index (Phi) is 8.10. The maximum absolute atomic E-state index is 14.1. The number of benzene rings is 2. The van der Waals surface area contributed by atoms with Gasteiger partial charge in [-0.3, -0.25) is 0 Å². The molecule has 2 N–H and O–H groups in total. The second kappa shape index (κ2) is 10.3. The van der Waals surface area contributed by atoms with Crippen LogP contribution < -0.4 is 15.4 Å². The number of rotatable bonds is 8. The Balaban J connectivity index is 2.16. The zero-order chi connectivity index (χ0) is 22.3. The van der Waals surface area contributed by atoms with Crippen LogP contribution in [0.5, 0.6) is 5.75 Å². The fourth-order valence-electron chi connectivity index (χ4n) is 2.83. The minimum absolute atomic E-state index is 0.0447. The van der Waals surface area contributed by atoms with Crippen LogP contribution in [0.4, 0.5) is 13.2 Å². The third kappa shape index (κ3) is 6.65. The van der Waals surface area contributed by atoms with Crippen LogP contribution in [-0.4, -0.2) is 33.8 Å². The summed E-state index contributed by atoms with van der Waals surface area (Å²) in [6, 6.07) is 8.65. The van der Waals surface area contributed by atoms with Crippen molar-refractivity contribution in [3.8, 4) is 5.75 Å². The first kappa shape index (κ1) is 23.5. The lowest BCUT2D eigenvalue weighted by atomic mass is 10.1. The Labute approximate surface area is 174 Å². The molecule has 10 heteroatoms. The van der Waals surface area contributed by atoms with Gasteiger partial charge in [0, 0.05) is 24.9 Å². The molecule has 0 aliphatic carbocycles. The zero-order valence-corrected chi connectivity index (χ0v) is 17.7. The van der Waals surface area contributed by atoms with Gasteiger partial charge < -0.3 is 15.4 Å². The summed E-state index contributed by atoms with van der Waals surface area (Å²) in [6.45, 7) is 1.12. The van der Waals surface area contributed by atoms with Gasteiger partial charge in [0.15, 0.2) is 15.8 Å². The Morgan fingerprint density at radius 1 is 1.20 bits per heavy atom. The highest BCUT2D eigenvalue weighted by molar-refractivity contribution is 7.90. The van der Waals surface area contributed by atoms with Crippen LogP contribution in [0.25, 0.3) is 0 Å². The van der Waals surface area contributed by atoms with Gasteiger partial charge in [-0.15, -0.1) is 0 Å². The summed E-state index contributed by atoms with van der Waals surface area (Å²) in [5.41, 5.74) is 1.35. The largest absolute Gasteiger partial charge is 0.434 e. The summed E-state index contributed by atoms with van der Waals surface area (Å²) >= 11 is 0. The molecule has 6 nitrogen and oxygen atoms in total. The number of aliphatic imine (C=N–C) groups is 1. The number of sulfone groups is 1. The molecule has 164 valence electrons. The van der Waals surface area contributed by atoms with Gasteiger partial charge in [0.1, 0.15) is 11.6 Å². The number of alkyl halides is 2. The van der Waals surface area contributed by atoms with Gasteiger partial charge in [-0.1, -0.05) is 18.2 Å². The molecule has 30 heavy (non-hydrogen) atoms. The van der Waals surface area contributed by atoms with E-state index in [1.165, 1.54) is 18.2 Å². The molecule has 0 aliphatic heterocycles. The highest BCUT2D eigenvalue weighted by Gasteiger charge is 2.14. The molecule has 0 spiro atoms. The molecule has 0 heterocycles. The van der Waals surface area contributed by atoms with E-state index in [0.29, 0.717) is 18.1 Å². The topological polar surface area (TPSA) is 79.8 Å². The summed E-state index contributed by atoms with van der Waals surface area (Å²) in [4.78, 5) is 4.64. The lowest BCUT2D eigenvalue weighted by Gasteiger charge is -2.15. The number of ether oxygens (including phenoxy) is 1. The van der Waals surface area contributed by atoms with E-state index in [9.17, 15) is 21.6 Å². The number of hydrogen-bond acceptors (Lipinski definition) is 4. The van der Waals surface area contributed by atoms with Crippen molar-refractivity contribution in [1.29, 1.82) is 0 Å². The lowest BCUT2D eigenvalue weighted by Crippen LogP contribution is -2.37. The first-order chi connectivity index (χ1) is 14.1. The molecular weight excluding hydrogens is 419 g/mol. The second-order valence-corrected chi connectivity index (χ2v) is 8.50. The Morgan fingerprint density at radius 3 is 2.53 bits per heavy atom. The van der Waals surface area contributed by atoms with Gasteiger partial charge in [0.2, 0.25) is 0 Å². The molecule has 0 saturated carbocycles. The van der Waals surface area contributed by atoms with Crippen LogP contribution >= 0.6 is 0 Å². The average Bonchev–Trinajstić information content (AvgIpc) is 2.64. The van der Waals surface area contributed by atoms with Gasteiger partial charge in [0.05, 0.1) is 11.4 Å². The summed E-state index contributed by atoms with van der Waals surface area (Å²) in [5, 5.41) is 5.87. The molecule has 0 atom stereocenters. The molecule has 2 aromatic rings. The van der Waals surface area contributed by atoms with Gasteiger partial charge in [-0.25, -0.2) is 17.8 Å². The number of nitrogens with one attached hydrogen (secondary N) is 2. The van der Waals surface area contributed by atoms with Crippen molar-refractivity contribution in [3.05, 3.63) is 58.9 Å². The fraction of sp³-hybridized carbons (Fsp3) is 0.350. The van der Waals surface area contributed by atoms with E-state index in [4.69, 9.17) is 0 Å². The van der Waals surface area contributed by atoms with E-state index in [-0.39, 0.29) is 29.3 Å². The van der Waals surface area contributed by atoms with E-state index < -0.39 is 22.3 Å². The van der Waals surface area contributed by atoms with Crippen molar-refractivity contribution in [2.24, 2.45) is 4.99 Å². The van der Waals surface area contributed by atoms with Crippen LogP contribution in [0.15, 0.2) is 46.3 Å². The monoisotopic (exact) mass is 443 g/mol. The molecule has 0 saturated heterocycles. The highest BCUT2D eigenvalue weighted by Crippen LogP contribution is 2.23. The van der Waals surface area contributed by atoms with Gasteiger partial charge in [-0.2, -0.15) is 8.78 Å². The molecule has 0 radical (unpaired) electrons. The highest BCUT2D eigenvalue weighted by atomic mass is 32.2. The molecule has 0 aromatic heterocycles. The van der Waals surface area contributed by atoms with Crippen molar-refractivity contribution in [1.82, 2.24) is 10.6 Å². The van der Waals surface area contributed by atoms with Crippen molar-refractivity contribution in [2.75, 3.05) is 12.8 Å². The van der Waals surface area contributed by atoms with Crippen LogP contribution in [0.1, 0.15) is 23.6 Å². The molecule has 0 bridgehead atoms. The Morgan fingerprint density at radius 2 is 1.93 bits per heavy atom. The van der Waals surface area contributed by atoms with Crippen LogP contribution in [0.2, 0.25) is 0 Å². The Bertz CT molecular complexity index is 1010. The van der Waals surface area contributed by atoms with Crippen molar-refractivity contribution < 1.29 is 26.3 Å². The molecule has 0 fully saturated rings. The summed E-state index contributed by atoms with van der Waals surface area (Å²) < 4.78 is 67.0. The number of halogens is 3. The first-order valence-corrected chi connectivity index (χ1v) is 11.0. The van der Waals surface area contributed by atoms with Gasteiger partial charge >= 0.3 is 6.61 Å². The summed E-state index contributed by atoms with van der Waals surface area (Å²) in [7, 11) is -3.31. The third-order valence-electron chi connectivity index (χ3n) is 4.13. The maximum atomic E-state index is 14.1. The molecule has 0 amide bonds. The molecule has 2 aromatic carbocycles. The standard InChI is InChI=1S/C20H24F3N3O3S/c1-4-24-20(25-11-14-8-9-18(13(2)10-14)30(3,27)28)26-12-15-16(21)6-5-7-17(15)29-19(22)23/h5-10,19H,4,11-12H2,1-3H3,(H2,24,25,26). The fourth-order valence-corrected chi connectivity index (χ4v) is 3.79. The number of hydrogen-bond donors (Lipinski definition) is 2. The first-order valence-electron chi connectivity index (χ1n) is 9.15. The zero-order valence-electron chi connectivity index (χ0n) is 16.9. The predicted octanol–water partition coefficient (Wildman–Crippen LogP) is 3.39. The molecule has 0 unspecified atom stereocenters. The average molecular weight is 443 g/mol. The quantitative estimate of drug-likeness (QED) is 0.483.